The summed E-state index contributed by atoms with van der Waals surface area (Å²) in [6.07, 6.45) is 1.87. The average Bonchev–Trinajstić information content (AvgIpc) is 2.30. The number of morpholine rings is 1. The lowest BCUT2D eigenvalue weighted by Gasteiger charge is -2.36. The van der Waals surface area contributed by atoms with Gasteiger partial charge in [0.2, 0.25) is 0 Å². The Hall–Kier alpha value is -0.420. The van der Waals surface area contributed by atoms with Crippen molar-refractivity contribution in [3.8, 4) is 0 Å². The van der Waals surface area contributed by atoms with Crippen molar-refractivity contribution >= 4 is 27.7 Å². The van der Waals surface area contributed by atoms with Crippen molar-refractivity contribution in [2.45, 2.75) is 26.7 Å². The van der Waals surface area contributed by atoms with Gasteiger partial charge in [0.1, 0.15) is 13.2 Å². The fourth-order valence-electron chi connectivity index (χ4n) is 1.74. The molecule has 1 heterocycles. The smallest absolute Gasteiger partial charge is 0.255 e. The number of amides is 2. The van der Waals surface area contributed by atoms with Gasteiger partial charge in [0.15, 0.2) is 0 Å². The molecule has 16 heavy (non-hydrogen) atoms. The largest absolute Gasteiger partial charge is 0.362 e. The quantitative estimate of drug-likeness (QED) is 0.571. The van der Waals surface area contributed by atoms with E-state index >= 15 is 0 Å². The molecule has 1 aliphatic heterocycles. The molecular weight excluding hydrogens is 274 g/mol. The summed E-state index contributed by atoms with van der Waals surface area (Å²) in [5, 5.41) is 0.797. The van der Waals surface area contributed by atoms with Gasteiger partial charge in [-0.1, -0.05) is 29.8 Å². The van der Waals surface area contributed by atoms with E-state index in [0.29, 0.717) is 6.54 Å². The summed E-state index contributed by atoms with van der Waals surface area (Å²) in [6, 6.07) is 0. The number of alkyl halides is 1. The zero-order chi connectivity index (χ0) is 12.2. The average molecular weight is 292 g/mol. The van der Waals surface area contributed by atoms with Crippen LogP contribution in [0.25, 0.3) is 0 Å². The summed E-state index contributed by atoms with van der Waals surface area (Å²) in [4.78, 5) is 24.5. The minimum Gasteiger partial charge on any atom is -0.362 e. The molecular formula is C11H18BrNO3. The predicted octanol–water partition coefficient (Wildman–Crippen LogP) is 1.57. The van der Waals surface area contributed by atoms with Crippen LogP contribution in [-0.4, -0.2) is 41.8 Å². The lowest BCUT2D eigenvalue weighted by molar-refractivity contribution is -0.160. The van der Waals surface area contributed by atoms with Gasteiger partial charge < -0.3 is 4.74 Å². The molecule has 0 aliphatic carbocycles. The van der Waals surface area contributed by atoms with Gasteiger partial charge in [-0.25, -0.2) is 0 Å². The molecule has 0 aromatic rings. The van der Waals surface area contributed by atoms with E-state index in [2.05, 4.69) is 29.8 Å². The number of imide groups is 1. The monoisotopic (exact) mass is 291 g/mol. The van der Waals surface area contributed by atoms with Gasteiger partial charge in [-0.05, 0) is 18.3 Å². The Labute approximate surface area is 104 Å². The van der Waals surface area contributed by atoms with E-state index in [1.165, 1.54) is 4.90 Å². The van der Waals surface area contributed by atoms with E-state index in [-0.39, 0.29) is 30.4 Å². The van der Waals surface area contributed by atoms with Gasteiger partial charge in [0.25, 0.3) is 11.8 Å². The Morgan fingerprint density at radius 1 is 1.25 bits per heavy atom. The Morgan fingerprint density at radius 2 is 1.75 bits per heavy atom. The lowest BCUT2D eigenvalue weighted by Crippen LogP contribution is -2.51. The second-order valence-electron chi connectivity index (χ2n) is 4.21. The van der Waals surface area contributed by atoms with Crippen molar-refractivity contribution in [1.29, 1.82) is 0 Å². The summed E-state index contributed by atoms with van der Waals surface area (Å²) in [5.74, 6) is -0.438. The molecule has 0 unspecified atom stereocenters. The highest BCUT2D eigenvalue weighted by atomic mass is 79.9. The highest BCUT2D eigenvalue weighted by Gasteiger charge is 2.34. The molecule has 4 nitrogen and oxygen atoms in total. The summed E-state index contributed by atoms with van der Waals surface area (Å²) < 4.78 is 4.89. The highest BCUT2D eigenvalue weighted by Crippen LogP contribution is 2.30. The van der Waals surface area contributed by atoms with Gasteiger partial charge in [-0.3, -0.25) is 14.5 Å². The van der Waals surface area contributed by atoms with E-state index in [4.69, 9.17) is 4.74 Å². The van der Waals surface area contributed by atoms with Crippen LogP contribution in [0.2, 0.25) is 0 Å². The molecule has 0 spiro atoms. The van der Waals surface area contributed by atoms with Crippen LogP contribution >= 0.6 is 15.9 Å². The first-order chi connectivity index (χ1) is 7.58. The maximum Gasteiger partial charge on any atom is 0.255 e. The van der Waals surface area contributed by atoms with E-state index < -0.39 is 0 Å². The number of ether oxygens (including phenoxy) is 1. The minimum atomic E-state index is -0.219. The lowest BCUT2D eigenvalue weighted by atomic mass is 9.84. The van der Waals surface area contributed by atoms with Crippen LogP contribution in [0.3, 0.4) is 0 Å². The number of hydrogen-bond acceptors (Lipinski definition) is 3. The second kappa shape index (κ2) is 5.77. The molecule has 0 aromatic heterocycles. The molecule has 2 amide bonds. The minimum absolute atomic E-state index is 0.0112. The molecule has 1 aliphatic rings. The summed E-state index contributed by atoms with van der Waals surface area (Å²) in [5.41, 5.74) is -0.0112. The zero-order valence-corrected chi connectivity index (χ0v) is 11.4. The van der Waals surface area contributed by atoms with Gasteiger partial charge in [-0.2, -0.15) is 0 Å². The maximum atomic E-state index is 11.6. The van der Waals surface area contributed by atoms with Crippen molar-refractivity contribution in [1.82, 2.24) is 4.90 Å². The molecule has 0 N–H and O–H groups in total. The molecule has 1 saturated heterocycles. The van der Waals surface area contributed by atoms with Gasteiger partial charge >= 0.3 is 0 Å². The van der Waals surface area contributed by atoms with Crippen molar-refractivity contribution in [3.63, 3.8) is 0 Å². The topological polar surface area (TPSA) is 46.6 Å². The number of nitrogens with zero attached hydrogens (tertiary/aromatic N) is 1. The van der Waals surface area contributed by atoms with E-state index in [1.54, 1.807) is 0 Å². The van der Waals surface area contributed by atoms with E-state index in [9.17, 15) is 9.59 Å². The van der Waals surface area contributed by atoms with Crippen LogP contribution in [0, 0.1) is 5.41 Å². The number of hydrogen-bond donors (Lipinski definition) is 0. The molecule has 5 heteroatoms. The molecule has 0 saturated carbocycles. The first-order valence-electron chi connectivity index (χ1n) is 5.55. The predicted molar refractivity (Wildman–Crippen MR) is 64.3 cm³/mol. The van der Waals surface area contributed by atoms with Crippen LogP contribution in [0.4, 0.5) is 0 Å². The van der Waals surface area contributed by atoms with Crippen molar-refractivity contribution in [3.05, 3.63) is 0 Å². The fraction of sp³-hybridized carbons (Fsp3) is 0.818. The maximum absolute atomic E-state index is 11.6. The van der Waals surface area contributed by atoms with Gasteiger partial charge in [-0.15, -0.1) is 0 Å². The first-order valence-corrected chi connectivity index (χ1v) is 6.67. The third-order valence-electron chi connectivity index (χ3n) is 3.33. The van der Waals surface area contributed by atoms with Crippen molar-refractivity contribution in [2.24, 2.45) is 5.41 Å². The third kappa shape index (κ3) is 2.83. The molecule has 0 aromatic carbocycles. The zero-order valence-electron chi connectivity index (χ0n) is 9.79. The molecule has 92 valence electrons. The molecule has 1 fully saturated rings. The number of carbonyl (C=O) groups is 2. The Bertz CT molecular complexity index is 252. The standard InChI is InChI=1S/C11H18BrNO3/c1-3-11(4-2,7-12)8-13-9(14)5-16-6-10(13)15/h3-8H2,1-2H3. The van der Waals surface area contributed by atoms with E-state index in [0.717, 1.165) is 18.2 Å². The number of halogens is 1. The second-order valence-corrected chi connectivity index (χ2v) is 4.77. The highest BCUT2D eigenvalue weighted by molar-refractivity contribution is 9.09. The number of rotatable bonds is 5. The Balaban J connectivity index is 2.76. The normalized spacial score (nSPS) is 18.1. The first kappa shape index (κ1) is 13.6. The fourth-order valence-corrected chi connectivity index (χ4v) is 2.71. The van der Waals surface area contributed by atoms with Crippen molar-refractivity contribution < 1.29 is 14.3 Å². The van der Waals surface area contributed by atoms with Crippen LogP contribution in [0.5, 0.6) is 0 Å². The van der Waals surface area contributed by atoms with Gasteiger partial charge in [0, 0.05) is 11.9 Å². The van der Waals surface area contributed by atoms with Crippen LogP contribution in [0.1, 0.15) is 26.7 Å². The van der Waals surface area contributed by atoms with Crippen LogP contribution < -0.4 is 0 Å². The third-order valence-corrected chi connectivity index (χ3v) is 4.52. The van der Waals surface area contributed by atoms with Crippen molar-refractivity contribution in [2.75, 3.05) is 25.1 Å². The number of carbonyl (C=O) groups excluding carboxylic acids is 2. The molecule has 0 atom stereocenters. The SMILES string of the molecule is CCC(CC)(CBr)CN1C(=O)COCC1=O. The molecule has 0 bridgehead atoms. The van der Waals surface area contributed by atoms with Gasteiger partial charge in [0.05, 0.1) is 0 Å². The summed E-state index contributed by atoms with van der Waals surface area (Å²) >= 11 is 3.48. The van der Waals surface area contributed by atoms with E-state index in [1.807, 2.05) is 0 Å². The molecule has 0 radical (unpaired) electrons. The Kier molecular flexibility index (Phi) is 4.92. The summed E-state index contributed by atoms with van der Waals surface area (Å²) in [7, 11) is 0. The van der Waals surface area contributed by atoms with Crippen LogP contribution in [0.15, 0.2) is 0 Å². The molecule has 1 rings (SSSR count). The van der Waals surface area contributed by atoms with Crippen LogP contribution in [-0.2, 0) is 14.3 Å². The Morgan fingerprint density at radius 3 is 2.12 bits per heavy atom. The summed E-state index contributed by atoms with van der Waals surface area (Å²) in [6.45, 7) is 4.71.